The number of ether oxygens (including phenoxy) is 1. The van der Waals surface area contributed by atoms with Crippen molar-refractivity contribution in [2.24, 2.45) is 0 Å². The maximum atomic E-state index is 12.7. The smallest absolute Gasteiger partial charge is 0.254 e. The number of nitrogens with one attached hydrogen (secondary N) is 2. The normalized spacial score (nSPS) is 20.7. The lowest BCUT2D eigenvalue weighted by atomic mass is 10.1. The van der Waals surface area contributed by atoms with Crippen LogP contribution in [-0.4, -0.2) is 46.3 Å². The van der Waals surface area contributed by atoms with Gasteiger partial charge < -0.3 is 15.0 Å². The van der Waals surface area contributed by atoms with Crippen molar-refractivity contribution < 1.29 is 9.53 Å². The number of aromatic amines is 1. The van der Waals surface area contributed by atoms with Gasteiger partial charge in [0.25, 0.3) is 5.91 Å². The third-order valence-corrected chi connectivity index (χ3v) is 4.49. The minimum absolute atomic E-state index is 0.0792. The average Bonchev–Trinajstić information content (AvgIpc) is 2.99. The Morgan fingerprint density at radius 2 is 1.92 bits per heavy atom. The van der Waals surface area contributed by atoms with E-state index in [-0.39, 0.29) is 18.1 Å². The van der Waals surface area contributed by atoms with E-state index in [1.165, 1.54) is 5.56 Å². The van der Waals surface area contributed by atoms with Crippen LogP contribution < -0.4 is 5.32 Å². The number of carbonyl (C=O) groups excluding carboxylic acids is 1. The first-order valence-electron chi connectivity index (χ1n) is 8.76. The van der Waals surface area contributed by atoms with Crippen LogP contribution in [0.2, 0.25) is 0 Å². The van der Waals surface area contributed by atoms with Crippen molar-refractivity contribution in [3.63, 3.8) is 0 Å². The third-order valence-electron chi connectivity index (χ3n) is 4.49. The maximum Gasteiger partial charge on any atom is 0.254 e. The molecule has 2 heterocycles. The molecule has 134 valence electrons. The molecule has 2 aromatic rings. The molecule has 2 N–H and O–H groups in total. The van der Waals surface area contributed by atoms with E-state index in [1.807, 2.05) is 56.1 Å². The van der Waals surface area contributed by atoms with E-state index in [2.05, 4.69) is 15.5 Å². The highest BCUT2D eigenvalue weighted by Gasteiger charge is 2.26. The molecule has 0 aliphatic carbocycles. The van der Waals surface area contributed by atoms with Gasteiger partial charge in [-0.1, -0.05) is 12.1 Å². The fourth-order valence-corrected chi connectivity index (χ4v) is 3.19. The van der Waals surface area contributed by atoms with Crippen molar-refractivity contribution in [3.05, 3.63) is 52.8 Å². The number of aromatic nitrogens is 2. The fourth-order valence-electron chi connectivity index (χ4n) is 3.19. The molecule has 0 unspecified atom stereocenters. The Morgan fingerprint density at radius 3 is 2.52 bits per heavy atom. The second kappa shape index (κ2) is 7.80. The second-order valence-corrected chi connectivity index (χ2v) is 6.79. The lowest BCUT2D eigenvalue weighted by molar-refractivity contribution is -0.0586. The Kier molecular flexibility index (Phi) is 5.50. The molecule has 1 aromatic carbocycles. The summed E-state index contributed by atoms with van der Waals surface area (Å²) < 4.78 is 5.70. The molecule has 0 bridgehead atoms. The summed E-state index contributed by atoms with van der Waals surface area (Å²) in [5, 5.41) is 10.3. The minimum atomic E-state index is 0.0792. The molecule has 1 aliphatic heterocycles. The van der Waals surface area contributed by atoms with Gasteiger partial charge in [0.05, 0.1) is 18.4 Å². The molecular weight excluding hydrogens is 316 g/mol. The molecule has 0 saturated carbocycles. The van der Waals surface area contributed by atoms with Gasteiger partial charge in [0.15, 0.2) is 0 Å². The number of benzene rings is 1. The zero-order valence-electron chi connectivity index (χ0n) is 15.1. The molecule has 25 heavy (non-hydrogen) atoms. The molecule has 1 amide bonds. The van der Waals surface area contributed by atoms with E-state index in [1.54, 1.807) is 0 Å². The zero-order chi connectivity index (χ0) is 17.8. The molecule has 1 saturated heterocycles. The summed E-state index contributed by atoms with van der Waals surface area (Å²) in [5.41, 5.74) is 4.14. The van der Waals surface area contributed by atoms with Gasteiger partial charge in [-0.2, -0.15) is 5.10 Å². The molecule has 0 radical (unpaired) electrons. The summed E-state index contributed by atoms with van der Waals surface area (Å²) in [5.74, 6) is 0.0792. The number of carbonyl (C=O) groups is 1. The van der Waals surface area contributed by atoms with Crippen molar-refractivity contribution in [2.75, 3.05) is 13.1 Å². The highest BCUT2D eigenvalue weighted by Crippen LogP contribution is 2.15. The van der Waals surface area contributed by atoms with Crippen molar-refractivity contribution in [3.8, 4) is 0 Å². The summed E-state index contributed by atoms with van der Waals surface area (Å²) in [6.07, 6.45) is 2.01. The first-order valence-corrected chi connectivity index (χ1v) is 8.76. The largest absolute Gasteiger partial charge is 0.372 e. The standard InChI is InChI=1S/C19H26N4O2/c1-13-11-23(12-14(2)25-13)19(24)17-6-4-16(5-7-17)8-20-9-18-10-21-22-15(18)3/h4-7,10,13-14,20H,8-9,11-12H2,1-3H3,(H,21,22)/t13-,14+. The number of amides is 1. The first kappa shape index (κ1) is 17.6. The van der Waals surface area contributed by atoms with Gasteiger partial charge in [0.1, 0.15) is 0 Å². The van der Waals surface area contributed by atoms with Crippen molar-refractivity contribution in [2.45, 2.75) is 46.1 Å². The van der Waals surface area contributed by atoms with Crippen LogP contribution in [0.5, 0.6) is 0 Å². The van der Waals surface area contributed by atoms with Crippen molar-refractivity contribution >= 4 is 5.91 Å². The summed E-state index contributed by atoms with van der Waals surface area (Å²) in [6.45, 7) is 8.85. The van der Waals surface area contributed by atoms with E-state index in [4.69, 9.17) is 4.74 Å². The number of morpholine rings is 1. The summed E-state index contributed by atoms with van der Waals surface area (Å²) in [6, 6.07) is 7.84. The summed E-state index contributed by atoms with van der Waals surface area (Å²) >= 11 is 0. The quantitative estimate of drug-likeness (QED) is 0.874. The molecule has 6 heteroatoms. The Morgan fingerprint density at radius 1 is 1.24 bits per heavy atom. The summed E-state index contributed by atoms with van der Waals surface area (Å²) in [7, 11) is 0. The fraction of sp³-hybridized carbons (Fsp3) is 0.474. The SMILES string of the molecule is Cc1[nH]ncc1CNCc1ccc(C(=O)N2C[C@@H](C)O[C@@H](C)C2)cc1. The van der Waals surface area contributed by atoms with Crippen LogP contribution in [0.25, 0.3) is 0 Å². The molecule has 1 aromatic heterocycles. The third kappa shape index (κ3) is 4.46. The highest BCUT2D eigenvalue weighted by atomic mass is 16.5. The topological polar surface area (TPSA) is 70.2 Å². The van der Waals surface area contributed by atoms with E-state index in [0.717, 1.165) is 29.9 Å². The van der Waals surface area contributed by atoms with Crippen molar-refractivity contribution in [1.29, 1.82) is 0 Å². The lowest BCUT2D eigenvalue weighted by Gasteiger charge is -2.35. The monoisotopic (exact) mass is 342 g/mol. The first-order chi connectivity index (χ1) is 12.0. The molecule has 1 fully saturated rings. The van der Waals surface area contributed by atoms with Crippen LogP contribution in [0.3, 0.4) is 0 Å². The maximum absolute atomic E-state index is 12.7. The van der Waals surface area contributed by atoms with Crippen LogP contribution in [0.4, 0.5) is 0 Å². The Labute approximate surface area is 148 Å². The van der Waals surface area contributed by atoms with Gasteiger partial charge in [0.2, 0.25) is 0 Å². The molecule has 2 atom stereocenters. The van der Waals surface area contributed by atoms with E-state index < -0.39 is 0 Å². The van der Waals surface area contributed by atoms with Gasteiger partial charge >= 0.3 is 0 Å². The number of nitrogens with zero attached hydrogens (tertiary/aromatic N) is 2. The van der Waals surface area contributed by atoms with Crippen LogP contribution in [0.1, 0.15) is 41.0 Å². The average molecular weight is 342 g/mol. The van der Waals surface area contributed by atoms with Crippen LogP contribution in [0.15, 0.2) is 30.5 Å². The van der Waals surface area contributed by atoms with E-state index in [0.29, 0.717) is 13.1 Å². The van der Waals surface area contributed by atoms with Gasteiger partial charge in [-0.3, -0.25) is 9.89 Å². The number of hydrogen-bond acceptors (Lipinski definition) is 4. The second-order valence-electron chi connectivity index (χ2n) is 6.79. The van der Waals surface area contributed by atoms with Crippen LogP contribution in [0, 0.1) is 6.92 Å². The Bertz CT molecular complexity index is 700. The van der Waals surface area contributed by atoms with Crippen LogP contribution >= 0.6 is 0 Å². The van der Waals surface area contributed by atoms with Crippen LogP contribution in [-0.2, 0) is 17.8 Å². The Hall–Kier alpha value is -2.18. The number of hydrogen-bond donors (Lipinski definition) is 2. The molecule has 0 spiro atoms. The van der Waals surface area contributed by atoms with Gasteiger partial charge in [-0.25, -0.2) is 0 Å². The zero-order valence-corrected chi connectivity index (χ0v) is 15.1. The van der Waals surface area contributed by atoms with E-state index in [9.17, 15) is 4.79 Å². The molecule has 1 aliphatic rings. The minimum Gasteiger partial charge on any atom is -0.372 e. The summed E-state index contributed by atoms with van der Waals surface area (Å²) in [4.78, 5) is 14.5. The lowest BCUT2D eigenvalue weighted by Crippen LogP contribution is -2.48. The predicted octanol–water partition coefficient (Wildman–Crippen LogP) is 2.26. The van der Waals surface area contributed by atoms with Crippen molar-refractivity contribution in [1.82, 2.24) is 20.4 Å². The highest BCUT2D eigenvalue weighted by molar-refractivity contribution is 5.94. The number of H-pyrrole nitrogens is 1. The molecule has 3 rings (SSSR count). The van der Waals surface area contributed by atoms with E-state index >= 15 is 0 Å². The number of rotatable bonds is 5. The predicted molar refractivity (Wildman–Crippen MR) is 96.2 cm³/mol. The van der Waals surface area contributed by atoms with Gasteiger partial charge in [-0.05, 0) is 38.5 Å². The van der Waals surface area contributed by atoms with Gasteiger partial charge in [-0.15, -0.1) is 0 Å². The van der Waals surface area contributed by atoms with Gasteiger partial charge in [0, 0.05) is 43.0 Å². The molecule has 6 nitrogen and oxygen atoms in total. The number of aryl methyl sites for hydroxylation is 1. The Balaban J connectivity index is 1.54. The molecular formula is C19H26N4O2.